The molecule has 8 heavy (non-hydrogen) atoms. The van der Waals surface area contributed by atoms with E-state index in [1.165, 1.54) is 0 Å². The number of halogens is 1. The maximum atomic E-state index is 10.0. The van der Waals surface area contributed by atoms with Gasteiger partial charge < -0.3 is 0 Å². The van der Waals surface area contributed by atoms with Crippen molar-refractivity contribution in [2.24, 2.45) is 0 Å². The maximum absolute atomic E-state index is 10.0. The highest BCUT2D eigenvalue weighted by Crippen LogP contribution is 2.09. The van der Waals surface area contributed by atoms with Crippen LogP contribution in [-0.4, -0.2) is 15.8 Å². The molecule has 0 saturated carbocycles. The molecule has 0 aromatic heterocycles. The summed E-state index contributed by atoms with van der Waals surface area (Å²) in [7, 11) is 0. The summed E-state index contributed by atoms with van der Waals surface area (Å²) in [5.74, 6) is 0. The largest absolute Gasteiger partial charge is 0.264 e. The van der Waals surface area contributed by atoms with Gasteiger partial charge in [-0.25, -0.2) is 0 Å². The Morgan fingerprint density at radius 2 is 2.12 bits per heavy atom. The van der Waals surface area contributed by atoms with Gasteiger partial charge in [0.1, 0.15) is 0 Å². The third-order valence-electron chi connectivity index (χ3n) is 0.821. The number of rotatable bonds is 2. The lowest BCUT2D eigenvalue weighted by Gasteiger charge is -2.09. The number of nitro groups is 1. The summed E-state index contributed by atoms with van der Waals surface area (Å²) in [6.45, 7) is 3.14. The minimum Gasteiger partial charge on any atom is -0.264 e. The van der Waals surface area contributed by atoms with Crippen LogP contribution in [0.5, 0.6) is 0 Å². The predicted octanol–water partition coefficient (Wildman–Crippen LogP) is 1.44. The van der Waals surface area contributed by atoms with Gasteiger partial charge >= 0.3 is 0 Å². The molecule has 0 aromatic carbocycles. The fourth-order valence-electron chi connectivity index (χ4n) is 0.0488. The quantitative estimate of drug-likeness (QED) is 0.368. The second kappa shape index (κ2) is 2.44. The van der Waals surface area contributed by atoms with E-state index in [0.717, 1.165) is 0 Å². The van der Waals surface area contributed by atoms with Crippen molar-refractivity contribution in [2.45, 2.75) is 19.4 Å². The molecular weight excluding hydrogens is 174 g/mol. The molecule has 0 atom stereocenters. The molecule has 0 fully saturated rings. The van der Waals surface area contributed by atoms with Crippen LogP contribution in [-0.2, 0) is 0 Å². The van der Waals surface area contributed by atoms with Crippen LogP contribution in [0, 0.1) is 10.1 Å². The topological polar surface area (TPSA) is 43.1 Å². The van der Waals surface area contributed by atoms with Crippen LogP contribution < -0.4 is 0 Å². The Labute approximate surface area is 56.4 Å². The highest BCUT2D eigenvalue weighted by Gasteiger charge is 2.28. The van der Waals surface area contributed by atoms with Gasteiger partial charge in [-0.05, 0) is 0 Å². The molecule has 0 N–H and O–H groups in total. The summed E-state index contributed by atoms with van der Waals surface area (Å²) in [5, 5.41) is 10.4. The Hall–Kier alpha value is -0.120. The van der Waals surface area contributed by atoms with Crippen molar-refractivity contribution in [3.05, 3.63) is 10.1 Å². The molecule has 4 heteroatoms. The van der Waals surface area contributed by atoms with Crippen LogP contribution in [0.1, 0.15) is 13.8 Å². The Kier molecular flexibility index (Phi) is 2.40. The summed E-state index contributed by atoms with van der Waals surface area (Å²) < 4.78 is 0. The first kappa shape index (κ1) is 7.88. The van der Waals surface area contributed by atoms with Crippen molar-refractivity contribution >= 4 is 15.9 Å². The molecule has 0 rings (SSSR count). The van der Waals surface area contributed by atoms with Crippen LogP contribution in [0.2, 0.25) is 0 Å². The van der Waals surface area contributed by atoms with E-state index in [4.69, 9.17) is 0 Å². The Balaban J connectivity index is 3.91. The molecule has 3 nitrogen and oxygen atoms in total. The van der Waals surface area contributed by atoms with Gasteiger partial charge in [0.15, 0.2) is 0 Å². The van der Waals surface area contributed by atoms with Gasteiger partial charge in [-0.1, -0.05) is 15.9 Å². The van der Waals surface area contributed by atoms with Gasteiger partial charge in [0.2, 0.25) is 5.54 Å². The number of hydrogen-bond donors (Lipinski definition) is 0. The summed E-state index contributed by atoms with van der Waals surface area (Å²) in [6, 6.07) is 0. The Morgan fingerprint density at radius 3 is 2.12 bits per heavy atom. The van der Waals surface area contributed by atoms with Gasteiger partial charge in [0, 0.05) is 18.8 Å². The van der Waals surface area contributed by atoms with Gasteiger partial charge in [0.25, 0.3) is 0 Å². The SMILES string of the molecule is CC(C)(CBr)[N+](=O)[O-]. The van der Waals surface area contributed by atoms with E-state index in [9.17, 15) is 10.1 Å². The zero-order valence-electron chi connectivity index (χ0n) is 4.85. The van der Waals surface area contributed by atoms with Crippen LogP contribution in [0.4, 0.5) is 0 Å². The average molecular weight is 182 g/mol. The zero-order chi connectivity index (χ0) is 6.78. The summed E-state index contributed by atoms with van der Waals surface area (Å²) in [4.78, 5) is 9.72. The van der Waals surface area contributed by atoms with Crippen LogP contribution in [0.25, 0.3) is 0 Å². The molecule has 0 saturated heterocycles. The van der Waals surface area contributed by atoms with Crippen molar-refractivity contribution in [2.75, 3.05) is 5.33 Å². The zero-order valence-corrected chi connectivity index (χ0v) is 6.43. The minimum absolute atomic E-state index is 0.304. The van der Waals surface area contributed by atoms with Crippen LogP contribution >= 0.6 is 15.9 Å². The van der Waals surface area contributed by atoms with Gasteiger partial charge in [0.05, 0.1) is 5.33 Å². The van der Waals surface area contributed by atoms with E-state index in [0.29, 0.717) is 5.33 Å². The monoisotopic (exact) mass is 181 g/mol. The molecule has 0 amide bonds. The Morgan fingerprint density at radius 1 is 1.75 bits per heavy atom. The molecule has 48 valence electrons. The fourth-order valence-corrected chi connectivity index (χ4v) is 0.254. The van der Waals surface area contributed by atoms with Gasteiger partial charge in [-0.3, -0.25) is 10.1 Å². The van der Waals surface area contributed by atoms with Gasteiger partial charge in [-0.15, -0.1) is 0 Å². The summed E-state index contributed by atoms with van der Waals surface area (Å²) in [5.41, 5.74) is -0.819. The molecule has 0 bridgehead atoms. The normalized spacial score (nSPS) is 11.4. The summed E-state index contributed by atoms with van der Waals surface area (Å²) >= 11 is 3.03. The predicted molar refractivity (Wildman–Crippen MR) is 34.9 cm³/mol. The van der Waals surface area contributed by atoms with Crippen LogP contribution in [0.3, 0.4) is 0 Å². The molecule has 0 spiro atoms. The molecule has 0 aliphatic carbocycles. The first-order valence-electron chi connectivity index (χ1n) is 2.21. The third-order valence-corrected chi connectivity index (χ3v) is 2.19. The first-order chi connectivity index (χ1) is 3.50. The molecule has 0 heterocycles. The van der Waals surface area contributed by atoms with E-state index in [1.807, 2.05) is 0 Å². The highest BCUT2D eigenvalue weighted by atomic mass is 79.9. The number of nitrogens with zero attached hydrogens (tertiary/aromatic N) is 1. The molecular formula is C4H8BrNO2. The lowest BCUT2D eigenvalue weighted by atomic mass is 10.1. The molecule has 0 radical (unpaired) electrons. The number of alkyl halides is 1. The van der Waals surface area contributed by atoms with Crippen molar-refractivity contribution < 1.29 is 4.92 Å². The third kappa shape index (κ3) is 1.78. The fraction of sp³-hybridized carbons (Fsp3) is 1.00. The van der Waals surface area contributed by atoms with E-state index in [1.54, 1.807) is 13.8 Å². The average Bonchev–Trinajstić information content (AvgIpc) is 1.67. The second-order valence-corrected chi connectivity index (χ2v) is 2.76. The van der Waals surface area contributed by atoms with Crippen LogP contribution in [0.15, 0.2) is 0 Å². The van der Waals surface area contributed by atoms with E-state index >= 15 is 0 Å². The van der Waals surface area contributed by atoms with Crippen molar-refractivity contribution in [3.63, 3.8) is 0 Å². The smallest absolute Gasteiger partial charge is 0.226 e. The summed E-state index contributed by atoms with van der Waals surface area (Å²) in [6.07, 6.45) is 0. The minimum atomic E-state index is -0.819. The molecule has 0 unspecified atom stereocenters. The lowest BCUT2D eigenvalue weighted by Crippen LogP contribution is -2.32. The van der Waals surface area contributed by atoms with Gasteiger partial charge in [-0.2, -0.15) is 0 Å². The molecule has 0 aromatic rings. The lowest BCUT2D eigenvalue weighted by molar-refractivity contribution is -0.553. The standard InChI is InChI=1S/C4H8BrNO2/c1-4(2,3-5)6(7)8/h3H2,1-2H3. The van der Waals surface area contributed by atoms with E-state index < -0.39 is 5.54 Å². The second-order valence-electron chi connectivity index (χ2n) is 2.20. The van der Waals surface area contributed by atoms with Crippen molar-refractivity contribution in [1.82, 2.24) is 0 Å². The molecule has 0 aliphatic rings. The highest BCUT2D eigenvalue weighted by molar-refractivity contribution is 9.09. The Bertz CT molecular complexity index is 102. The van der Waals surface area contributed by atoms with Crippen molar-refractivity contribution in [1.29, 1.82) is 0 Å². The van der Waals surface area contributed by atoms with Crippen molar-refractivity contribution in [3.8, 4) is 0 Å². The van der Waals surface area contributed by atoms with E-state index in [-0.39, 0.29) is 4.92 Å². The van der Waals surface area contributed by atoms with E-state index in [2.05, 4.69) is 15.9 Å². The molecule has 0 aliphatic heterocycles. The number of hydrogen-bond acceptors (Lipinski definition) is 2. The first-order valence-corrected chi connectivity index (χ1v) is 3.33. The maximum Gasteiger partial charge on any atom is 0.226 e.